The van der Waals surface area contributed by atoms with Crippen LogP contribution >= 0.6 is 0 Å². The third kappa shape index (κ3) is 4.14. The fourth-order valence-corrected chi connectivity index (χ4v) is 3.41. The van der Waals surface area contributed by atoms with Crippen molar-refractivity contribution in [1.82, 2.24) is 9.88 Å². The molecule has 0 bridgehead atoms. The summed E-state index contributed by atoms with van der Waals surface area (Å²) in [6, 6.07) is 12.1. The van der Waals surface area contributed by atoms with E-state index in [1.54, 1.807) is 6.07 Å². The maximum atomic E-state index is 11.2. The van der Waals surface area contributed by atoms with Crippen molar-refractivity contribution in [2.45, 2.75) is 12.5 Å². The summed E-state index contributed by atoms with van der Waals surface area (Å²) in [4.78, 5) is 22.2. The lowest BCUT2D eigenvalue weighted by molar-refractivity contribution is -0.109. The van der Waals surface area contributed by atoms with Crippen LogP contribution in [-0.4, -0.2) is 61.6 Å². The molecule has 2 heterocycles. The number of pyridine rings is 1. The first-order valence-electron chi connectivity index (χ1n) is 8.93. The summed E-state index contributed by atoms with van der Waals surface area (Å²) in [5, 5.41) is 9.38. The van der Waals surface area contributed by atoms with E-state index in [9.17, 15) is 9.90 Å². The normalized spacial score (nSPS) is 16.3. The Balaban J connectivity index is 1.68. The second kappa shape index (κ2) is 8.19. The van der Waals surface area contributed by atoms with Crippen molar-refractivity contribution >= 4 is 17.8 Å². The van der Waals surface area contributed by atoms with Gasteiger partial charge in [-0.05, 0) is 29.8 Å². The van der Waals surface area contributed by atoms with Gasteiger partial charge in [-0.15, -0.1) is 0 Å². The van der Waals surface area contributed by atoms with Gasteiger partial charge in [-0.2, -0.15) is 0 Å². The van der Waals surface area contributed by atoms with E-state index in [1.807, 2.05) is 20.2 Å². The third-order valence-corrected chi connectivity index (χ3v) is 4.93. The Bertz CT molecular complexity index is 708. The minimum atomic E-state index is 0.110. The molecule has 0 spiro atoms. The Labute approximate surface area is 154 Å². The van der Waals surface area contributed by atoms with Crippen molar-refractivity contribution in [2.75, 3.05) is 50.1 Å². The van der Waals surface area contributed by atoms with E-state index < -0.39 is 0 Å². The van der Waals surface area contributed by atoms with Crippen LogP contribution < -0.4 is 9.80 Å². The predicted molar refractivity (Wildman–Crippen MR) is 104 cm³/mol. The van der Waals surface area contributed by atoms with Gasteiger partial charge in [0, 0.05) is 58.4 Å². The largest absolute Gasteiger partial charge is 0.506 e. The number of hydrogen-bond donors (Lipinski definition) is 1. The average molecular weight is 354 g/mol. The zero-order valence-electron chi connectivity index (χ0n) is 15.4. The zero-order chi connectivity index (χ0) is 18.5. The van der Waals surface area contributed by atoms with Crippen molar-refractivity contribution in [2.24, 2.45) is 0 Å². The van der Waals surface area contributed by atoms with Crippen molar-refractivity contribution in [1.29, 1.82) is 0 Å². The molecule has 1 aliphatic rings. The molecule has 1 fully saturated rings. The van der Waals surface area contributed by atoms with Gasteiger partial charge < -0.3 is 19.7 Å². The molecule has 6 nitrogen and oxygen atoms in total. The van der Waals surface area contributed by atoms with Crippen molar-refractivity contribution in [3.05, 3.63) is 48.2 Å². The summed E-state index contributed by atoms with van der Waals surface area (Å²) < 4.78 is 0. The van der Waals surface area contributed by atoms with E-state index in [0.717, 1.165) is 44.0 Å². The molecule has 1 saturated heterocycles. The highest BCUT2D eigenvalue weighted by Crippen LogP contribution is 2.27. The number of aldehydes is 1. The molecule has 6 heteroatoms. The predicted octanol–water partition coefficient (Wildman–Crippen LogP) is 2.31. The standard InChI is InChI=1S/C20H26N4O2/c1-22(2)17-5-3-16(4-6-17)19(9-14-25)23-10-12-24(13-11-23)20-8-7-18(26)15-21-20/h3-8,14-15,19,26H,9-13H2,1-2H3. The maximum Gasteiger partial charge on any atom is 0.134 e. The molecule has 0 radical (unpaired) electrons. The van der Waals surface area contributed by atoms with Crippen LogP contribution in [0.25, 0.3) is 0 Å². The van der Waals surface area contributed by atoms with Gasteiger partial charge in [0.15, 0.2) is 0 Å². The van der Waals surface area contributed by atoms with Crippen LogP contribution in [0.1, 0.15) is 18.0 Å². The molecular weight excluding hydrogens is 328 g/mol. The number of nitrogens with zero attached hydrogens (tertiary/aromatic N) is 4. The van der Waals surface area contributed by atoms with Gasteiger partial charge in [0.05, 0.1) is 6.20 Å². The Hall–Kier alpha value is -2.60. The number of aromatic nitrogens is 1. The number of rotatable bonds is 6. The number of anilines is 2. The van der Waals surface area contributed by atoms with Gasteiger partial charge in [0.1, 0.15) is 17.9 Å². The van der Waals surface area contributed by atoms with Gasteiger partial charge in [-0.3, -0.25) is 4.90 Å². The monoisotopic (exact) mass is 354 g/mol. The van der Waals surface area contributed by atoms with Crippen LogP contribution in [0.5, 0.6) is 5.75 Å². The maximum absolute atomic E-state index is 11.2. The molecule has 1 aromatic carbocycles. The summed E-state index contributed by atoms with van der Waals surface area (Å²) >= 11 is 0. The van der Waals surface area contributed by atoms with E-state index in [0.29, 0.717) is 6.42 Å². The summed E-state index contributed by atoms with van der Waals surface area (Å²) in [7, 11) is 4.04. The Kier molecular flexibility index (Phi) is 5.73. The summed E-state index contributed by atoms with van der Waals surface area (Å²) in [6.07, 6.45) is 2.99. The number of carbonyl (C=O) groups is 1. The molecule has 0 saturated carbocycles. The fourth-order valence-electron chi connectivity index (χ4n) is 3.41. The minimum Gasteiger partial charge on any atom is -0.506 e. The summed E-state index contributed by atoms with van der Waals surface area (Å²) in [5.74, 6) is 1.06. The first-order chi connectivity index (χ1) is 12.6. The minimum absolute atomic E-state index is 0.110. The number of carbonyl (C=O) groups excluding carboxylic acids is 1. The molecular formula is C20H26N4O2. The molecule has 2 aromatic rings. The second-order valence-corrected chi connectivity index (χ2v) is 6.80. The molecule has 1 aliphatic heterocycles. The van der Waals surface area contributed by atoms with Crippen LogP contribution in [0.2, 0.25) is 0 Å². The molecule has 1 N–H and O–H groups in total. The number of aromatic hydroxyl groups is 1. The fraction of sp³-hybridized carbons (Fsp3) is 0.400. The number of benzene rings is 1. The molecule has 26 heavy (non-hydrogen) atoms. The lowest BCUT2D eigenvalue weighted by Gasteiger charge is -2.39. The van der Waals surface area contributed by atoms with Crippen LogP contribution in [0.3, 0.4) is 0 Å². The second-order valence-electron chi connectivity index (χ2n) is 6.80. The topological polar surface area (TPSA) is 59.9 Å². The van der Waals surface area contributed by atoms with E-state index in [4.69, 9.17) is 0 Å². The highest BCUT2D eigenvalue weighted by Gasteiger charge is 2.25. The van der Waals surface area contributed by atoms with Crippen molar-refractivity contribution < 1.29 is 9.90 Å². The summed E-state index contributed by atoms with van der Waals surface area (Å²) in [5.41, 5.74) is 2.33. The molecule has 138 valence electrons. The lowest BCUT2D eigenvalue weighted by Crippen LogP contribution is -2.48. The zero-order valence-corrected chi connectivity index (χ0v) is 15.4. The lowest BCUT2D eigenvalue weighted by atomic mass is 10.0. The van der Waals surface area contributed by atoms with E-state index in [2.05, 4.69) is 43.9 Å². The quantitative estimate of drug-likeness (QED) is 0.804. The van der Waals surface area contributed by atoms with Gasteiger partial charge in [0.25, 0.3) is 0 Å². The van der Waals surface area contributed by atoms with Gasteiger partial charge in [0.2, 0.25) is 0 Å². The average Bonchev–Trinajstić information content (AvgIpc) is 2.67. The van der Waals surface area contributed by atoms with Gasteiger partial charge in [-0.1, -0.05) is 12.1 Å². The molecule has 3 rings (SSSR count). The van der Waals surface area contributed by atoms with E-state index >= 15 is 0 Å². The highest BCUT2D eigenvalue weighted by atomic mass is 16.3. The molecule has 0 aliphatic carbocycles. The van der Waals surface area contributed by atoms with Crippen LogP contribution in [0.15, 0.2) is 42.6 Å². The molecule has 1 unspecified atom stereocenters. The molecule has 1 aromatic heterocycles. The van der Waals surface area contributed by atoms with Crippen LogP contribution in [-0.2, 0) is 4.79 Å². The van der Waals surface area contributed by atoms with E-state index in [-0.39, 0.29) is 11.8 Å². The third-order valence-electron chi connectivity index (χ3n) is 4.93. The smallest absolute Gasteiger partial charge is 0.134 e. The van der Waals surface area contributed by atoms with Gasteiger partial charge >= 0.3 is 0 Å². The van der Waals surface area contributed by atoms with Gasteiger partial charge in [-0.25, -0.2) is 4.98 Å². The Morgan fingerprint density at radius 1 is 1.12 bits per heavy atom. The Morgan fingerprint density at radius 3 is 2.35 bits per heavy atom. The van der Waals surface area contributed by atoms with Crippen molar-refractivity contribution in [3.63, 3.8) is 0 Å². The summed E-state index contributed by atoms with van der Waals surface area (Å²) in [6.45, 7) is 3.44. The number of piperazine rings is 1. The first-order valence-corrected chi connectivity index (χ1v) is 8.93. The van der Waals surface area contributed by atoms with Crippen LogP contribution in [0.4, 0.5) is 11.5 Å². The number of hydrogen-bond acceptors (Lipinski definition) is 6. The molecule has 1 atom stereocenters. The van der Waals surface area contributed by atoms with Crippen LogP contribution in [0, 0.1) is 0 Å². The SMILES string of the molecule is CN(C)c1ccc(C(CC=O)N2CCN(c3ccc(O)cn3)CC2)cc1. The Morgan fingerprint density at radius 2 is 1.81 bits per heavy atom. The molecule has 0 amide bonds. The van der Waals surface area contributed by atoms with Crippen molar-refractivity contribution in [3.8, 4) is 5.75 Å². The first kappa shape index (κ1) is 18.2. The van der Waals surface area contributed by atoms with E-state index in [1.165, 1.54) is 11.8 Å². The highest BCUT2D eigenvalue weighted by molar-refractivity contribution is 5.53.